The third-order valence-corrected chi connectivity index (χ3v) is 10.4. The Balaban J connectivity index is -0.000000102. The first-order chi connectivity index (χ1) is 28.8. The zero-order valence-corrected chi connectivity index (χ0v) is 44.2. The Bertz CT molecular complexity index is 752. The van der Waals surface area contributed by atoms with Gasteiger partial charge in [-0.15, -0.1) is 6.58 Å². The van der Waals surface area contributed by atoms with E-state index in [-0.39, 0.29) is 35.9 Å². The zero-order valence-electron chi connectivity index (χ0n) is 43.3. The summed E-state index contributed by atoms with van der Waals surface area (Å²) in [4.78, 5) is 23.8. The van der Waals surface area contributed by atoms with Crippen LogP contribution in [-0.4, -0.2) is 67.0 Å². The largest absolute Gasteiger partial charge is 0.465 e. The standard InChI is InChI=1S/C25H50O2.C18H36O2.C4H12N2.C3H6S.C2H6.3H2O.H2/c1-4-7-10-13-16-18-21-24(22-19-17-14-11-8-5-2)27-25(26)23-20-15-12-9-6-3;1-4-6-8-10-12-14-17(3)16-20-18(19)15-13-11-9-7-5-2;1-6-4-2-3-5;1-2-3-4;1-2;;;;/h24H,4-23H2,1-3H3;17H,4-16H2,1-3H3;6H,2-5H2,1H3;2,4H,1,3H2;1-2H3;3*1H2;1H. The topological polar surface area (TPSA) is 185 Å². The van der Waals surface area contributed by atoms with Crippen molar-refractivity contribution in [3.8, 4) is 0 Å². The molecule has 62 heavy (non-hydrogen) atoms. The fraction of sp³-hybridized carbons (Fsp3) is 0.923. The third kappa shape index (κ3) is 82.5. The van der Waals surface area contributed by atoms with Crippen LogP contribution in [0.25, 0.3) is 0 Å². The van der Waals surface area contributed by atoms with E-state index in [1.54, 1.807) is 6.08 Å². The van der Waals surface area contributed by atoms with Gasteiger partial charge >= 0.3 is 11.9 Å². The van der Waals surface area contributed by atoms with Gasteiger partial charge in [0.15, 0.2) is 0 Å². The normalized spacial score (nSPS) is 10.3. The maximum absolute atomic E-state index is 12.2. The lowest BCUT2D eigenvalue weighted by atomic mass is 10.0. The van der Waals surface area contributed by atoms with Crippen molar-refractivity contribution >= 4 is 24.6 Å². The van der Waals surface area contributed by atoms with Gasteiger partial charge in [-0.25, -0.2) is 0 Å². The average molecular weight is 916 g/mol. The summed E-state index contributed by atoms with van der Waals surface area (Å²) in [7, 11) is 1.93. The molecule has 0 aliphatic rings. The molecule has 1 unspecified atom stereocenters. The number of carbonyl (C=O) groups excluding carboxylic acids is 2. The number of hydrogen-bond acceptors (Lipinski definition) is 7. The van der Waals surface area contributed by atoms with Crippen LogP contribution in [0.5, 0.6) is 0 Å². The second-order valence-electron chi connectivity index (χ2n) is 16.3. The molecule has 0 aromatic heterocycles. The van der Waals surface area contributed by atoms with Gasteiger partial charge in [-0.3, -0.25) is 9.59 Å². The van der Waals surface area contributed by atoms with Gasteiger partial charge in [0.05, 0.1) is 6.61 Å². The minimum Gasteiger partial charge on any atom is -0.465 e. The third-order valence-electron chi connectivity index (χ3n) is 10.1. The van der Waals surface area contributed by atoms with Crippen molar-refractivity contribution in [1.29, 1.82) is 0 Å². The molecule has 0 radical (unpaired) electrons. The van der Waals surface area contributed by atoms with Crippen molar-refractivity contribution in [2.24, 2.45) is 11.7 Å². The Kier molecular flexibility index (Phi) is 97.0. The summed E-state index contributed by atoms with van der Waals surface area (Å²) >= 11 is 3.80. The van der Waals surface area contributed by atoms with Gasteiger partial charge in [0, 0.05) is 20.0 Å². The van der Waals surface area contributed by atoms with Gasteiger partial charge in [0.2, 0.25) is 0 Å². The van der Waals surface area contributed by atoms with E-state index in [9.17, 15) is 9.59 Å². The lowest BCUT2D eigenvalue weighted by Gasteiger charge is -2.18. The number of ether oxygens (including phenoxy) is 2. The van der Waals surface area contributed by atoms with E-state index in [2.05, 4.69) is 66.1 Å². The average Bonchev–Trinajstić information content (AvgIpc) is 3.25. The molecule has 0 aliphatic heterocycles. The summed E-state index contributed by atoms with van der Waals surface area (Å²) in [6.45, 7) is 23.2. The van der Waals surface area contributed by atoms with Crippen LogP contribution in [-0.2, 0) is 19.1 Å². The summed E-state index contributed by atoms with van der Waals surface area (Å²) in [5, 5.41) is 2.99. The molecule has 384 valence electrons. The fourth-order valence-corrected chi connectivity index (χ4v) is 6.32. The van der Waals surface area contributed by atoms with E-state index in [1.807, 2.05) is 20.9 Å². The van der Waals surface area contributed by atoms with Crippen LogP contribution in [0.2, 0.25) is 0 Å². The second kappa shape index (κ2) is 77.1. The summed E-state index contributed by atoms with van der Waals surface area (Å²) in [5.74, 6) is 1.34. The molecule has 0 saturated carbocycles. The maximum Gasteiger partial charge on any atom is 0.306 e. The molecule has 0 heterocycles. The van der Waals surface area contributed by atoms with Gasteiger partial charge in [-0.05, 0) is 77.4 Å². The Morgan fingerprint density at radius 1 is 0.581 bits per heavy atom. The summed E-state index contributed by atoms with van der Waals surface area (Å²) < 4.78 is 11.2. The monoisotopic (exact) mass is 915 g/mol. The molecule has 0 amide bonds. The minimum absolute atomic E-state index is 0. The highest BCUT2D eigenvalue weighted by atomic mass is 32.1. The van der Waals surface area contributed by atoms with Crippen molar-refractivity contribution in [2.75, 3.05) is 32.5 Å². The first-order valence-electron chi connectivity index (χ1n) is 25.7. The van der Waals surface area contributed by atoms with Gasteiger partial charge in [0.1, 0.15) is 6.10 Å². The molecular formula is C52H118N2O7S. The molecule has 1 atom stereocenters. The molecule has 0 saturated heterocycles. The Hall–Kier alpha value is -1.17. The molecule has 9 N–H and O–H groups in total. The van der Waals surface area contributed by atoms with E-state index >= 15 is 0 Å². The highest BCUT2D eigenvalue weighted by Crippen LogP contribution is 2.18. The van der Waals surface area contributed by atoms with Crippen LogP contribution in [0.15, 0.2) is 12.7 Å². The highest BCUT2D eigenvalue weighted by Gasteiger charge is 2.14. The highest BCUT2D eigenvalue weighted by molar-refractivity contribution is 7.80. The predicted molar refractivity (Wildman–Crippen MR) is 282 cm³/mol. The van der Waals surface area contributed by atoms with E-state index in [0.717, 1.165) is 57.4 Å². The lowest BCUT2D eigenvalue weighted by Crippen LogP contribution is -2.18. The molecule has 0 bridgehead atoms. The molecular weight excluding hydrogens is 797 g/mol. The molecule has 0 fully saturated rings. The molecule has 0 rings (SSSR count). The van der Waals surface area contributed by atoms with Crippen molar-refractivity contribution < 1.29 is 36.9 Å². The van der Waals surface area contributed by atoms with Crippen LogP contribution < -0.4 is 11.1 Å². The van der Waals surface area contributed by atoms with Gasteiger partial charge in [-0.2, -0.15) is 12.6 Å². The molecule has 0 aliphatic carbocycles. The number of thiol groups is 1. The fourth-order valence-electron chi connectivity index (χ4n) is 6.32. The summed E-state index contributed by atoms with van der Waals surface area (Å²) in [6, 6.07) is 0. The predicted octanol–water partition coefficient (Wildman–Crippen LogP) is 14.1. The first-order valence-corrected chi connectivity index (χ1v) is 26.3. The van der Waals surface area contributed by atoms with Crippen molar-refractivity contribution in [3.63, 3.8) is 0 Å². The number of carbonyl (C=O) groups is 2. The molecule has 10 heteroatoms. The molecule has 0 aromatic rings. The summed E-state index contributed by atoms with van der Waals surface area (Å²) in [5.41, 5.74) is 5.17. The zero-order chi connectivity index (χ0) is 45.3. The van der Waals surface area contributed by atoms with Crippen LogP contribution in [0.1, 0.15) is 269 Å². The number of hydrogen-bond donors (Lipinski definition) is 3. The number of nitrogens with two attached hydrogens (primary N) is 1. The van der Waals surface area contributed by atoms with Crippen molar-refractivity contribution in [3.05, 3.63) is 12.7 Å². The van der Waals surface area contributed by atoms with Gasteiger partial charge in [0.25, 0.3) is 0 Å². The smallest absolute Gasteiger partial charge is 0.306 e. The number of unbranched alkanes of at least 4 members (excludes halogenated alkanes) is 22. The number of nitrogens with one attached hydrogen (secondary N) is 1. The minimum atomic E-state index is -0.000619. The van der Waals surface area contributed by atoms with Gasteiger partial charge < -0.3 is 37.0 Å². The second-order valence-corrected chi connectivity index (χ2v) is 16.6. The van der Waals surface area contributed by atoms with Crippen molar-refractivity contribution in [2.45, 2.75) is 273 Å². The Morgan fingerprint density at radius 2 is 0.903 bits per heavy atom. The van der Waals surface area contributed by atoms with E-state index in [0.29, 0.717) is 25.4 Å². The maximum atomic E-state index is 12.2. The van der Waals surface area contributed by atoms with Crippen LogP contribution in [0, 0.1) is 5.92 Å². The van der Waals surface area contributed by atoms with Crippen LogP contribution in [0.3, 0.4) is 0 Å². The molecule has 0 spiro atoms. The molecule has 0 aromatic carbocycles. The number of rotatable bonds is 39. The Labute approximate surface area is 395 Å². The van der Waals surface area contributed by atoms with Crippen molar-refractivity contribution in [1.82, 2.24) is 5.32 Å². The summed E-state index contributed by atoms with van der Waals surface area (Å²) in [6.07, 6.45) is 41.7. The van der Waals surface area contributed by atoms with E-state index < -0.39 is 0 Å². The van der Waals surface area contributed by atoms with E-state index in [1.165, 1.54) is 161 Å². The molecule has 9 nitrogen and oxygen atoms in total. The number of esters is 2. The SMILES string of the molecule is C=CCS.CC.CCCCCCCC(=O)OCC(C)CCCCCCC.CCCCCCCCC(CCCCCCCC)OC(=O)CCCCCCC.CNCCCN.O.O.O.[HH]. The quantitative estimate of drug-likeness (QED) is 0.0238. The van der Waals surface area contributed by atoms with Crippen LogP contribution in [0.4, 0.5) is 0 Å². The lowest BCUT2D eigenvalue weighted by molar-refractivity contribution is -0.150. The van der Waals surface area contributed by atoms with E-state index in [4.69, 9.17) is 15.2 Å². The van der Waals surface area contributed by atoms with Crippen LogP contribution >= 0.6 is 12.6 Å². The Morgan fingerprint density at radius 3 is 1.23 bits per heavy atom. The van der Waals surface area contributed by atoms with Gasteiger partial charge in [-0.1, -0.05) is 209 Å². The first kappa shape index (κ1) is 78.0.